The van der Waals surface area contributed by atoms with Crippen LogP contribution in [0.15, 0.2) is 24.8 Å². The monoisotopic (exact) mass is 218 g/mol. The van der Waals surface area contributed by atoms with Crippen molar-refractivity contribution in [1.29, 1.82) is 0 Å². The zero-order valence-electron chi connectivity index (χ0n) is 9.93. The lowest BCUT2D eigenvalue weighted by Crippen LogP contribution is -2.03. The van der Waals surface area contributed by atoms with E-state index >= 15 is 0 Å². The van der Waals surface area contributed by atoms with Crippen LogP contribution < -0.4 is 0 Å². The van der Waals surface area contributed by atoms with E-state index in [-0.39, 0.29) is 0 Å². The third-order valence-electron chi connectivity index (χ3n) is 2.90. The Morgan fingerprint density at radius 2 is 1.31 bits per heavy atom. The van der Waals surface area contributed by atoms with Gasteiger partial charge in [-0.3, -0.25) is 0 Å². The fourth-order valence-electron chi connectivity index (χ4n) is 1.84. The van der Waals surface area contributed by atoms with Gasteiger partial charge in [-0.05, 0) is 26.7 Å². The molecule has 0 aliphatic carbocycles. The quantitative estimate of drug-likeness (QED) is 0.721. The van der Waals surface area contributed by atoms with Crippen LogP contribution in [0.1, 0.15) is 24.5 Å². The van der Waals surface area contributed by atoms with Gasteiger partial charge >= 0.3 is 0 Å². The molecule has 2 aromatic rings. The molecule has 0 atom stereocenters. The number of rotatable bonds is 5. The molecule has 0 fully saturated rings. The fraction of sp³-hybridized carbons (Fsp3) is 0.500. The zero-order valence-corrected chi connectivity index (χ0v) is 9.93. The van der Waals surface area contributed by atoms with Crippen molar-refractivity contribution in [2.45, 2.75) is 39.8 Å². The Kier molecular flexibility index (Phi) is 3.39. The summed E-state index contributed by atoms with van der Waals surface area (Å²) in [6.07, 6.45) is 10.1. The van der Waals surface area contributed by atoms with Crippen LogP contribution in [-0.4, -0.2) is 19.1 Å². The van der Waals surface area contributed by atoms with Gasteiger partial charge in [-0.15, -0.1) is 0 Å². The third-order valence-corrected chi connectivity index (χ3v) is 2.90. The fourth-order valence-corrected chi connectivity index (χ4v) is 1.84. The van der Waals surface area contributed by atoms with Crippen molar-refractivity contribution < 1.29 is 0 Å². The molecule has 0 amide bonds. The van der Waals surface area contributed by atoms with Gasteiger partial charge in [0, 0.05) is 37.9 Å². The van der Waals surface area contributed by atoms with Crippen LogP contribution >= 0.6 is 0 Å². The van der Waals surface area contributed by atoms with Crippen LogP contribution in [0.5, 0.6) is 0 Å². The second-order valence-electron chi connectivity index (χ2n) is 4.04. The standard InChI is InChI=1S/C12H18N4/c1-11-13-5-9-15(11)7-3-4-8-16-10-6-14-12(16)2/h5-6,9-10H,3-4,7-8H2,1-2H3. The van der Waals surface area contributed by atoms with Crippen molar-refractivity contribution in [2.75, 3.05) is 0 Å². The van der Waals surface area contributed by atoms with Crippen molar-refractivity contribution in [3.8, 4) is 0 Å². The minimum absolute atomic E-state index is 1.06. The molecular formula is C12H18N4. The Hall–Kier alpha value is -1.58. The SMILES string of the molecule is Cc1nccn1CCCCn1ccnc1C. The Bertz CT molecular complexity index is 399. The van der Waals surface area contributed by atoms with Gasteiger partial charge < -0.3 is 9.13 Å². The molecule has 2 aromatic heterocycles. The summed E-state index contributed by atoms with van der Waals surface area (Å²) in [5.74, 6) is 2.19. The van der Waals surface area contributed by atoms with Crippen LogP contribution in [0.2, 0.25) is 0 Å². The van der Waals surface area contributed by atoms with E-state index < -0.39 is 0 Å². The summed E-state index contributed by atoms with van der Waals surface area (Å²) in [4.78, 5) is 8.41. The van der Waals surface area contributed by atoms with E-state index in [2.05, 4.69) is 19.1 Å². The molecule has 4 heteroatoms. The smallest absolute Gasteiger partial charge is 0.105 e. The third kappa shape index (κ3) is 2.51. The summed E-state index contributed by atoms with van der Waals surface area (Å²) in [5, 5.41) is 0. The molecule has 0 spiro atoms. The predicted octanol–water partition coefficient (Wildman–Crippen LogP) is 2.18. The molecule has 86 valence electrons. The molecular weight excluding hydrogens is 200 g/mol. The molecule has 2 rings (SSSR count). The molecule has 0 aliphatic rings. The Labute approximate surface area is 96.0 Å². The average Bonchev–Trinajstić information content (AvgIpc) is 2.84. The van der Waals surface area contributed by atoms with E-state index in [1.807, 2.05) is 38.6 Å². The first-order valence-electron chi connectivity index (χ1n) is 5.73. The van der Waals surface area contributed by atoms with E-state index in [1.165, 1.54) is 12.8 Å². The molecule has 2 heterocycles. The highest BCUT2D eigenvalue weighted by atomic mass is 15.1. The number of hydrogen-bond acceptors (Lipinski definition) is 2. The van der Waals surface area contributed by atoms with E-state index in [9.17, 15) is 0 Å². The molecule has 0 saturated heterocycles. The number of aryl methyl sites for hydroxylation is 4. The van der Waals surface area contributed by atoms with Gasteiger partial charge in [0.1, 0.15) is 11.6 Å². The normalized spacial score (nSPS) is 10.9. The van der Waals surface area contributed by atoms with Gasteiger partial charge in [-0.25, -0.2) is 9.97 Å². The molecule has 0 radical (unpaired) electrons. The summed E-state index contributed by atoms with van der Waals surface area (Å²) < 4.78 is 4.39. The molecule has 4 nitrogen and oxygen atoms in total. The molecule has 0 N–H and O–H groups in total. The van der Waals surface area contributed by atoms with E-state index in [0.717, 1.165) is 24.7 Å². The average molecular weight is 218 g/mol. The Morgan fingerprint density at radius 3 is 1.62 bits per heavy atom. The Balaban J connectivity index is 1.74. The molecule has 0 aliphatic heterocycles. The molecule has 16 heavy (non-hydrogen) atoms. The predicted molar refractivity (Wildman–Crippen MR) is 63.2 cm³/mol. The van der Waals surface area contributed by atoms with Gasteiger partial charge in [-0.2, -0.15) is 0 Å². The summed E-state index contributed by atoms with van der Waals surface area (Å²) in [5.41, 5.74) is 0. The highest BCUT2D eigenvalue weighted by Crippen LogP contribution is 2.03. The number of imidazole rings is 2. The highest BCUT2D eigenvalue weighted by Gasteiger charge is 1.98. The largest absolute Gasteiger partial charge is 0.335 e. The minimum Gasteiger partial charge on any atom is -0.335 e. The molecule has 0 saturated carbocycles. The first kappa shape index (κ1) is 10.9. The van der Waals surface area contributed by atoms with Gasteiger partial charge in [0.05, 0.1) is 0 Å². The maximum atomic E-state index is 4.21. The first-order chi connectivity index (χ1) is 7.77. The van der Waals surface area contributed by atoms with Gasteiger partial charge in [0.15, 0.2) is 0 Å². The van der Waals surface area contributed by atoms with Crippen LogP contribution in [0.25, 0.3) is 0 Å². The second kappa shape index (κ2) is 4.96. The molecule has 0 unspecified atom stereocenters. The zero-order chi connectivity index (χ0) is 11.4. The van der Waals surface area contributed by atoms with Gasteiger partial charge in [0.2, 0.25) is 0 Å². The van der Waals surface area contributed by atoms with Gasteiger partial charge in [0.25, 0.3) is 0 Å². The summed E-state index contributed by atoms with van der Waals surface area (Å²) in [6, 6.07) is 0. The van der Waals surface area contributed by atoms with Gasteiger partial charge in [-0.1, -0.05) is 0 Å². The van der Waals surface area contributed by atoms with Crippen molar-refractivity contribution in [1.82, 2.24) is 19.1 Å². The minimum atomic E-state index is 1.06. The number of hydrogen-bond donors (Lipinski definition) is 0. The lowest BCUT2D eigenvalue weighted by molar-refractivity contribution is 0.540. The van der Waals surface area contributed by atoms with Crippen molar-refractivity contribution in [2.24, 2.45) is 0 Å². The summed E-state index contributed by atoms with van der Waals surface area (Å²) in [6.45, 7) is 6.19. The Morgan fingerprint density at radius 1 is 0.875 bits per heavy atom. The maximum Gasteiger partial charge on any atom is 0.105 e. The lowest BCUT2D eigenvalue weighted by Gasteiger charge is -2.06. The van der Waals surface area contributed by atoms with Crippen molar-refractivity contribution in [3.63, 3.8) is 0 Å². The topological polar surface area (TPSA) is 35.6 Å². The maximum absolute atomic E-state index is 4.21. The molecule has 0 aromatic carbocycles. The number of nitrogens with zero attached hydrogens (tertiary/aromatic N) is 4. The molecule has 0 bridgehead atoms. The van der Waals surface area contributed by atoms with Crippen LogP contribution in [-0.2, 0) is 13.1 Å². The van der Waals surface area contributed by atoms with E-state index in [1.54, 1.807) is 0 Å². The number of aromatic nitrogens is 4. The van der Waals surface area contributed by atoms with Crippen molar-refractivity contribution >= 4 is 0 Å². The first-order valence-corrected chi connectivity index (χ1v) is 5.73. The summed E-state index contributed by atoms with van der Waals surface area (Å²) in [7, 11) is 0. The lowest BCUT2D eigenvalue weighted by atomic mass is 10.3. The van der Waals surface area contributed by atoms with E-state index in [4.69, 9.17) is 0 Å². The number of unbranched alkanes of at least 4 members (excludes halogenated alkanes) is 1. The summed E-state index contributed by atoms with van der Waals surface area (Å²) >= 11 is 0. The van der Waals surface area contributed by atoms with Crippen LogP contribution in [0.4, 0.5) is 0 Å². The van der Waals surface area contributed by atoms with E-state index in [0.29, 0.717) is 0 Å². The second-order valence-corrected chi connectivity index (χ2v) is 4.04. The van der Waals surface area contributed by atoms with Crippen molar-refractivity contribution in [3.05, 3.63) is 36.4 Å². The van der Waals surface area contributed by atoms with Crippen LogP contribution in [0.3, 0.4) is 0 Å². The highest BCUT2D eigenvalue weighted by molar-refractivity contribution is 4.89. The van der Waals surface area contributed by atoms with Crippen LogP contribution in [0, 0.1) is 13.8 Å².